The van der Waals surface area contributed by atoms with Crippen LogP contribution >= 0.6 is 11.6 Å². The predicted octanol–water partition coefficient (Wildman–Crippen LogP) is 3.81. The Balaban J connectivity index is 2.77. The molecule has 0 aromatic carbocycles. The minimum atomic E-state index is 0.266. The number of ether oxygens (including phenoxy) is 1. The maximum atomic E-state index is 5.96. The SMILES string of the molecule is CC(C)OCCN(C)c1cc(CCl)cc(C(C)C)n1. The molecule has 0 fully saturated rings. The maximum absolute atomic E-state index is 5.96. The van der Waals surface area contributed by atoms with E-state index in [9.17, 15) is 0 Å². The highest BCUT2D eigenvalue weighted by molar-refractivity contribution is 6.17. The Hall–Kier alpha value is -0.800. The van der Waals surface area contributed by atoms with Gasteiger partial charge in [0.05, 0.1) is 12.7 Å². The fraction of sp³-hybridized carbons (Fsp3) is 0.667. The van der Waals surface area contributed by atoms with Crippen molar-refractivity contribution >= 4 is 17.4 Å². The van der Waals surface area contributed by atoms with E-state index < -0.39 is 0 Å². The lowest BCUT2D eigenvalue weighted by molar-refractivity contribution is 0.0845. The lowest BCUT2D eigenvalue weighted by atomic mass is 10.1. The second-order valence-electron chi connectivity index (χ2n) is 5.39. The first kappa shape index (κ1) is 16.3. The summed E-state index contributed by atoms with van der Waals surface area (Å²) in [5.74, 6) is 1.89. The summed E-state index contributed by atoms with van der Waals surface area (Å²) < 4.78 is 5.57. The first-order valence-corrected chi connectivity index (χ1v) is 7.37. The van der Waals surface area contributed by atoms with Crippen molar-refractivity contribution in [2.75, 3.05) is 25.1 Å². The van der Waals surface area contributed by atoms with Crippen molar-refractivity contribution in [2.24, 2.45) is 0 Å². The van der Waals surface area contributed by atoms with Gasteiger partial charge in [-0.25, -0.2) is 4.98 Å². The van der Waals surface area contributed by atoms with Gasteiger partial charge >= 0.3 is 0 Å². The number of halogens is 1. The summed E-state index contributed by atoms with van der Waals surface area (Å²) in [5.41, 5.74) is 2.21. The first-order chi connectivity index (χ1) is 8.93. The number of rotatable bonds is 7. The van der Waals surface area contributed by atoms with Crippen LogP contribution in [-0.2, 0) is 10.6 Å². The number of hydrogen-bond donors (Lipinski definition) is 0. The molecule has 0 amide bonds. The van der Waals surface area contributed by atoms with E-state index in [1.807, 2.05) is 27.0 Å². The topological polar surface area (TPSA) is 25.4 Å². The number of pyridine rings is 1. The smallest absolute Gasteiger partial charge is 0.128 e. The molecule has 0 N–H and O–H groups in total. The van der Waals surface area contributed by atoms with Gasteiger partial charge in [-0.15, -0.1) is 11.6 Å². The minimum absolute atomic E-state index is 0.266. The maximum Gasteiger partial charge on any atom is 0.128 e. The monoisotopic (exact) mass is 284 g/mol. The lowest BCUT2D eigenvalue weighted by Gasteiger charge is -2.21. The minimum Gasteiger partial charge on any atom is -0.377 e. The zero-order valence-electron chi connectivity index (χ0n) is 12.6. The van der Waals surface area contributed by atoms with Gasteiger partial charge < -0.3 is 9.64 Å². The zero-order chi connectivity index (χ0) is 14.4. The Morgan fingerprint density at radius 2 is 1.95 bits per heavy atom. The van der Waals surface area contributed by atoms with Gasteiger partial charge in [0.15, 0.2) is 0 Å². The van der Waals surface area contributed by atoms with Gasteiger partial charge in [-0.3, -0.25) is 0 Å². The summed E-state index contributed by atoms with van der Waals surface area (Å²) in [6.07, 6.45) is 0.266. The number of aromatic nitrogens is 1. The van der Waals surface area contributed by atoms with Crippen molar-refractivity contribution in [3.8, 4) is 0 Å². The fourth-order valence-corrected chi connectivity index (χ4v) is 1.86. The van der Waals surface area contributed by atoms with Crippen LogP contribution in [0.5, 0.6) is 0 Å². The van der Waals surface area contributed by atoms with E-state index in [0.29, 0.717) is 18.4 Å². The van der Waals surface area contributed by atoms with Crippen LogP contribution in [0.25, 0.3) is 0 Å². The van der Waals surface area contributed by atoms with E-state index in [0.717, 1.165) is 23.6 Å². The molecule has 1 aromatic rings. The molecule has 108 valence electrons. The third-order valence-corrected chi connectivity index (χ3v) is 3.21. The summed E-state index contributed by atoms with van der Waals surface area (Å²) in [7, 11) is 2.04. The van der Waals surface area contributed by atoms with Gasteiger partial charge in [0, 0.05) is 25.2 Å². The highest BCUT2D eigenvalue weighted by Crippen LogP contribution is 2.20. The number of nitrogens with zero attached hydrogens (tertiary/aromatic N) is 2. The highest BCUT2D eigenvalue weighted by Gasteiger charge is 2.09. The van der Waals surface area contributed by atoms with Gasteiger partial charge in [-0.2, -0.15) is 0 Å². The summed E-state index contributed by atoms with van der Waals surface area (Å²) in [6, 6.07) is 4.13. The average Bonchev–Trinajstić information content (AvgIpc) is 2.37. The molecule has 19 heavy (non-hydrogen) atoms. The van der Waals surface area contributed by atoms with E-state index in [4.69, 9.17) is 21.3 Å². The van der Waals surface area contributed by atoms with Crippen LogP contribution in [0.3, 0.4) is 0 Å². The van der Waals surface area contributed by atoms with Crippen LogP contribution in [0.15, 0.2) is 12.1 Å². The normalized spacial score (nSPS) is 11.4. The van der Waals surface area contributed by atoms with E-state index in [1.165, 1.54) is 0 Å². The number of likely N-dealkylation sites (N-methyl/N-ethyl adjacent to an activating group) is 1. The second kappa shape index (κ2) is 7.71. The van der Waals surface area contributed by atoms with E-state index in [-0.39, 0.29) is 6.10 Å². The Bertz CT molecular complexity index is 394. The van der Waals surface area contributed by atoms with Crippen molar-refractivity contribution in [2.45, 2.75) is 45.6 Å². The molecule has 3 nitrogen and oxygen atoms in total. The Labute approximate surface area is 121 Å². The molecule has 1 rings (SSSR count). The Morgan fingerprint density at radius 3 is 2.47 bits per heavy atom. The summed E-state index contributed by atoms with van der Waals surface area (Å²) in [4.78, 5) is 6.81. The molecule has 0 aliphatic carbocycles. The molecule has 0 aliphatic rings. The number of alkyl halides is 1. The molecule has 0 bridgehead atoms. The van der Waals surface area contributed by atoms with E-state index >= 15 is 0 Å². The van der Waals surface area contributed by atoms with Gasteiger partial charge in [-0.1, -0.05) is 13.8 Å². The molecule has 0 atom stereocenters. The lowest BCUT2D eigenvalue weighted by Crippen LogP contribution is -2.25. The predicted molar refractivity (Wildman–Crippen MR) is 82.2 cm³/mol. The van der Waals surface area contributed by atoms with Gasteiger partial charge in [0.1, 0.15) is 5.82 Å². The van der Waals surface area contributed by atoms with Crippen molar-refractivity contribution in [3.63, 3.8) is 0 Å². The molecule has 1 aromatic heterocycles. The Morgan fingerprint density at radius 1 is 1.26 bits per heavy atom. The first-order valence-electron chi connectivity index (χ1n) is 6.83. The third-order valence-electron chi connectivity index (χ3n) is 2.91. The Kier molecular flexibility index (Phi) is 6.59. The second-order valence-corrected chi connectivity index (χ2v) is 5.66. The quantitative estimate of drug-likeness (QED) is 0.712. The van der Waals surface area contributed by atoms with Crippen molar-refractivity contribution in [1.82, 2.24) is 4.98 Å². The van der Waals surface area contributed by atoms with Crippen LogP contribution in [-0.4, -0.2) is 31.3 Å². The largest absolute Gasteiger partial charge is 0.377 e. The molecule has 1 heterocycles. The molecule has 4 heteroatoms. The van der Waals surface area contributed by atoms with Crippen molar-refractivity contribution < 1.29 is 4.74 Å². The third kappa shape index (κ3) is 5.37. The van der Waals surface area contributed by atoms with E-state index in [2.05, 4.69) is 24.8 Å². The summed E-state index contributed by atoms with van der Waals surface area (Å²) in [5, 5.41) is 0. The number of anilines is 1. The molecule has 0 aliphatic heterocycles. The summed E-state index contributed by atoms with van der Waals surface area (Å²) >= 11 is 5.96. The molecule has 0 spiro atoms. The van der Waals surface area contributed by atoms with Crippen molar-refractivity contribution in [3.05, 3.63) is 23.4 Å². The zero-order valence-corrected chi connectivity index (χ0v) is 13.4. The van der Waals surface area contributed by atoms with Crippen LogP contribution < -0.4 is 4.90 Å². The van der Waals surface area contributed by atoms with Crippen LogP contribution in [0.2, 0.25) is 0 Å². The fourth-order valence-electron chi connectivity index (χ4n) is 1.70. The van der Waals surface area contributed by atoms with Crippen LogP contribution in [0.4, 0.5) is 5.82 Å². The molecule has 0 saturated carbocycles. The number of hydrogen-bond acceptors (Lipinski definition) is 3. The average molecular weight is 285 g/mol. The molecular formula is C15H25ClN2O. The standard InChI is InChI=1S/C15H25ClN2O/c1-11(2)14-8-13(10-16)9-15(17-14)18(5)6-7-19-12(3)4/h8-9,11-12H,6-7,10H2,1-5H3. The van der Waals surface area contributed by atoms with Gasteiger partial charge in [0.2, 0.25) is 0 Å². The molecule has 0 saturated heterocycles. The summed E-state index contributed by atoms with van der Waals surface area (Å²) in [6.45, 7) is 9.91. The molecular weight excluding hydrogens is 260 g/mol. The molecule has 0 radical (unpaired) electrons. The highest BCUT2D eigenvalue weighted by atomic mass is 35.5. The van der Waals surface area contributed by atoms with Crippen LogP contribution in [0.1, 0.15) is 44.9 Å². The van der Waals surface area contributed by atoms with E-state index in [1.54, 1.807) is 0 Å². The molecule has 0 unspecified atom stereocenters. The van der Waals surface area contributed by atoms with Gasteiger partial charge in [0.25, 0.3) is 0 Å². The van der Waals surface area contributed by atoms with Crippen molar-refractivity contribution in [1.29, 1.82) is 0 Å². The van der Waals surface area contributed by atoms with Crippen LogP contribution in [0, 0.1) is 0 Å². The van der Waals surface area contributed by atoms with Gasteiger partial charge in [-0.05, 0) is 37.5 Å².